The van der Waals surface area contributed by atoms with Gasteiger partial charge in [-0.25, -0.2) is 4.98 Å². The summed E-state index contributed by atoms with van der Waals surface area (Å²) in [5.74, 6) is 0.853. The SMILES string of the molecule is C/C(N)=C1\CC(N2CCc3nc(-c4ccccc4Cl)[nH]c3C2)CCC1=N. The summed E-state index contributed by atoms with van der Waals surface area (Å²) in [7, 11) is 0. The molecule has 0 saturated heterocycles. The maximum atomic E-state index is 8.13. The first-order valence-corrected chi connectivity index (χ1v) is 9.50. The number of imidazole rings is 1. The Labute approximate surface area is 158 Å². The van der Waals surface area contributed by atoms with Gasteiger partial charge < -0.3 is 16.1 Å². The smallest absolute Gasteiger partial charge is 0.139 e. The molecule has 6 heteroatoms. The summed E-state index contributed by atoms with van der Waals surface area (Å²) in [5, 5.41) is 8.85. The summed E-state index contributed by atoms with van der Waals surface area (Å²) >= 11 is 6.32. The number of nitrogens with zero attached hydrogens (tertiary/aromatic N) is 2. The molecular formula is C20H24ClN5. The highest BCUT2D eigenvalue weighted by Crippen LogP contribution is 2.32. The van der Waals surface area contributed by atoms with Crippen LogP contribution in [0, 0.1) is 5.41 Å². The molecule has 1 aliphatic carbocycles. The van der Waals surface area contributed by atoms with E-state index in [0.29, 0.717) is 11.8 Å². The molecule has 2 heterocycles. The largest absolute Gasteiger partial charge is 0.402 e. The van der Waals surface area contributed by atoms with Crippen LogP contribution in [0.1, 0.15) is 37.6 Å². The van der Waals surface area contributed by atoms with E-state index in [2.05, 4.69) is 9.88 Å². The molecular weight excluding hydrogens is 346 g/mol. The van der Waals surface area contributed by atoms with E-state index in [9.17, 15) is 0 Å². The van der Waals surface area contributed by atoms with Crippen LogP contribution in [0.15, 0.2) is 35.5 Å². The molecule has 1 aromatic heterocycles. The van der Waals surface area contributed by atoms with Crippen LogP contribution in [0.4, 0.5) is 0 Å². The van der Waals surface area contributed by atoms with Gasteiger partial charge in [0.25, 0.3) is 0 Å². The number of hydrogen-bond donors (Lipinski definition) is 3. The number of rotatable bonds is 2. The Bertz CT molecular complexity index is 878. The van der Waals surface area contributed by atoms with E-state index in [1.807, 2.05) is 31.2 Å². The van der Waals surface area contributed by atoms with Gasteiger partial charge >= 0.3 is 0 Å². The molecule has 1 atom stereocenters. The zero-order chi connectivity index (χ0) is 18.3. The number of aromatic amines is 1. The summed E-state index contributed by atoms with van der Waals surface area (Å²) < 4.78 is 0. The minimum absolute atomic E-state index is 0.442. The highest BCUT2D eigenvalue weighted by atomic mass is 35.5. The number of halogens is 1. The first-order chi connectivity index (χ1) is 12.5. The van der Waals surface area contributed by atoms with Gasteiger partial charge in [0.2, 0.25) is 0 Å². The van der Waals surface area contributed by atoms with Crippen LogP contribution in [0.2, 0.25) is 5.02 Å². The lowest BCUT2D eigenvalue weighted by Crippen LogP contribution is -2.42. The number of nitrogens with one attached hydrogen (secondary N) is 2. The van der Waals surface area contributed by atoms with E-state index in [-0.39, 0.29) is 0 Å². The first-order valence-electron chi connectivity index (χ1n) is 9.12. The minimum atomic E-state index is 0.442. The summed E-state index contributed by atoms with van der Waals surface area (Å²) in [6.07, 6.45) is 3.65. The number of hydrogen-bond acceptors (Lipinski definition) is 4. The second kappa shape index (κ2) is 6.89. The van der Waals surface area contributed by atoms with Gasteiger partial charge in [0, 0.05) is 42.5 Å². The van der Waals surface area contributed by atoms with Crippen LogP contribution in [0.5, 0.6) is 0 Å². The molecule has 136 valence electrons. The Morgan fingerprint density at radius 2 is 2.15 bits per heavy atom. The average Bonchev–Trinajstić information content (AvgIpc) is 3.05. The maximum absolute atomic E-state index is 8.13. The third-order valence-corrected chi connectivity index (χ3v) is 5.84. The number of allylic oxidation sites excluding steroid dienone is 1. The van der Waals surface area contributed by atoms with Crippen molar-refractivity contribution in [3.63, 3.8) is 0 Å². The van der Waals surface area contributed by atoms with Crippen LogP contribution >= 0.6 is 11.6 Å². The zero-order valence-corrected chi connectivity index (χ0v) is 15.7. The van der Waals surface area contributed by atoms with Crippen molar-refractivity contribution in [3.05, 3.63) is 51.9 Å². The predicted molar refractivity (Wildman–Crippen MR) is 105 cm³/mol. The van der Waals surface area contributed by atoms with Crippen LogP contribution in [-0.2, 0) is 13.0 Å². The quantitative estimate of drug-likeness (QED) is 0.751. The number of fused-ring (bicyclic) bond motifs is 1. The van der Waals surface area contributed by atoms with Crippen molar-refractivity contribution in [2.24, 2.45) is 5.73 Å². The highest BCUT2D eigenvalue weighted by molar-refractivity contribution is 6.33. The van der Waals surface area contributed by atoms with E-state index in [0.717, 1.165) is 72.1 Å². The van der Waals surface area contributed by atoms with Crippen LogP contribution in [0.3, 0.4) is 0 Å². The number of nitrogens with two attached hydrogens (primary N) is 1. The molecule has 2 aromatic rings. The molecule has 1 aromatic carbocycles. The normalized spacial score (nSPS) is 23.0. The summed E-state index contributed by atoms with van der Waals surface area (Å²) in [6.45, 7) is 3.77. The number of benzene rings is 1. The summed E-state index contributed by atoms with van der Waals surface area (Å²) in [5.41, 5.74) is 11.8. The van der Waals surface area contributed by atoms with Gasteiger partial charge in [0.1, 0.15) is 5.82 Å². The molecule has 0 amide bonds. The monoisotopic (exact) mass is 369 g/mol. The van der Waals surface area contributed by atoms with E-state index in [4.69, 9.17) is 27.7 Å². The molecule has 0 bridgehead atoms. The Balaban J connectivity index is 1.55. The highest BCUT2D eigenvalue weighted by Gasteiger charge is 2.30. The van der Waals surface area contributed by atoms with Gasteiger partial charge in [-0.2, -0.15) is 0 Å². The maximum Gasteiger partial charge on any atom is 0.139 e. The van der Waals surface area contributed by atoms with E-state index < -0.39 is 0 Å². The van der Waals surface area contributed by atoms with E-state index >= 15 is 0 Å². The lowest BCUT2D eigenvalue weighted by atomic mass is 9.86. The second-order valence-electron chi connectivity index (χ2n) is 7.25. The Hall–Kier alpha value is -2.11. The van der Waals surface area contributed by atoms with Crippen LogP contribution < -0.4 is 5.73 Å². The molecule has 1 unspecified atom stereocenters. The van der Waals surface area contributed by atoms with Crippen molar-refractivity contribution in [1.29, 1.82) is 5.41 Å². The van der Waals surface area contributed by atoms with Gasteiger partial charge in [-0.3, -0.25) is 4.90 Å². The summed E-state index contributed by atoms with van der Waals surface area (Å²) in [4.78, 5) is 10.8. The molecule has 1 fully saturated rings. The fourth-order valence-corrected chi connectivity index (χ4v) is 4.27. The Kier molecular flexibility index (Phi) is 4.59. The number of H-pyrrole nitrogens is 1. The lowest BCUT2D eigenvalue weighted by Gasteiger charge is -2.37. The fourth-order valence-electron chi connectivity index (χ4n) is 4.04. The van der Waals surface area contributed by atoms with Gasteiger partial charge in [0.05, 0.1) is 16.4 Å². The van der Waals surface area contributed by atoms with Gasteiger partial charge in [-0.05, 0) is 43.9 Å². The first kappa shape index (κ1) is 17.3. The van der Waals surface area contributed by atoms with Crippen molar-refractivity contribution >= 4 is 17.3 Å². The standard InChI is InChI=1S/C20H24ClN5/c1-12(22)15-10-13(6-7-17(15)23)26-9-8-18-19(11-26)25-20(24-18)14-4-2-3-5-16(14)21/h2-5,13,23H,6-11,22H2,1H3,(H,24,25)/b15-12-,23-17?. The van der Waals surface area contributed by atoms with Crippen LogP contribution in [-0.4, -0.2) is 33.2 Å². The van der Waals surface area contributed by atoms with Gasteiger partial charge in [-0.1, -0.05) is 23.7 Å². The Morgan fingerprint density at radius 3 is 2.92 bits per heavy atom. The molecule has 1 saturated carbocycles. The molecule has 0 spiro atoms. The molecule has 0 radical (unpaired) electrons. The molecule has 1 aliphatic heterocycles. The van der Waals surface area contributed by atoms with Crippen LogP contribution in [0.25, 0.3) is 11.4 Å². The van der Waals surface area contributed by atoms with Crippen molar-refractivity contribution in [2.45, 2.75) is 45.2 Å². The average molecular weight is 370 g/mol. The van der Waals surface area contributed by atoms with Gasteiger partial charge in [-0.15, -0.1) is 0 Å². The second-order valence-corrected chi connectivity index (χ2v) is 7.65. The van der Waals surface area contributed by atoms with Crippen molar-refractivity contribution < 1.29 is 0 Å². The summed E-state index contributed by atoms with van der Waals surface area (Å²) in [6, 6.07) is 8.25. The molecule has 4 N–H and O–H groups in total. The minimum Gasteiger partial charge on any atom is -0.402 e. The van der Waals surface area contributed by atoms with Crippen molar-refractivity contribution in [3.8, 4) is 11.4 Å². The third-order valence-electron chi connectivity index (χ3n) is 5.51. The number of aromatic nitrogens is 2. The predicted octanol–water partition coefficient (Wildman–Crippen LogP) is 3.89. The van der Waals surface area contributed by atoms with Crippen molar-refractivity contribution in [1.82, 2.24) is 14.9 Å². The zero-order valence-electron chi connectivity index (χ0n) is 15.0. The molecule has 2 aliphatic rings. The topological polar surface area (TPSA) is 81.8 Å². The van der Waals surface area contributed by atoms with E-state index in [1.165, 1.54) is 5.69 Å². The molecule has 5 nitrogen and oxygen atoms in total. The Morgan fingerprint density at radius 1 is 1.35 bits per heavy atom. The lowest BCUT2D eigenvalue weighted by molar-refractivity contribution is 0.164. The third kappa shape index (κ3) is 3.17. The van der Waals surface area contributed by atoms with E-state index in [1.54, 1.807) is 0 Å². The molecule has 26 heavy (non-hydrogen) atoms. The van der Waals surface area contributed by atoms with Crippen molar-refractivity contribution in [2.75, 3.05) is 6.54 Å². The molecule has 4 rings (SSSR count). The fraction of sp³-hybridized carbons (Fsp3) is 0.400. The van der Waals surface area contributed by atoms with Gasteiger partial charge in [0.15, 0.2) is 0 Å².